The van der Waals surface area contributed by atoms with Crippen LogP contribution in [0, 0.1) is 0 Å². The Morgan fingerprint density at radius 2 is 1.94 bits per heavy atom. The summed E-state index contributed by atoms with van der Waals surface area (Å²) >= 11 is 0. The lowest BCUT2D eigenvalue weighted by Gasteiger charge is -2.19. The Labute approximate surface area is 101 Å². The van der Waals surface area contributed by atoms with E-state index in [9.17, 15) is 13.2 Å². The SMILES string of the molecule is CNCC(=O)c1ccccc1N(C)S(C)(=O)=O. The number of sulfonamides is 1. The summed E-state index contributed by atoms with van der Waals surface area (Å²) in [5.41, 5.74) is 0.796. The maximum absolute atomic E-state index is 11.8. The number of nitrogens with one attached hydrogen (secondary N) is 1. The molecule has 0 bridgehead atoms. The number of para-hydroxylation sites is 1. The minimum atomic E-state index is -3.37. The molecular weight excluding hydrogens is 240 g/mol. The number of ketones is 1. The van der Waals surface area contributed by atoms with Gasteiger partial charge in [0.25, 0.3) is 0 Å². The smallest absolute Gasteiger partial charge is 0.232 e. The van der Waals surface area contributed by atoms with E-state index < -0.39 is 10.0 Å². The molecule has 6 heteroatoms. The van der Waals surface area contributed by atoms with E-state index in [0.29, 0.717) is 11.3 Å². The number of anilines is 1. The first kappa shape index (κ1) is 13.7. The predicted molar refractivity (Wildman–Crippen MR) is 67.9 cm³/mol. The van der Waals surface area contributed by atoms with Gasteiger partial charge in [0.15, 0.2) is 5.78 Å². The highest BCUT2D eigenvalue weighted by molar-refractivity contribution is 7.92. The third-order valence-corrected chi connectivity index (χ3v) is 3.57. The number of nitrogens with zero attached hydrogens (tertiary/aromatic N) is 1. The van der Waals surface area contributed by atoms with E-state index in [1.807, 2.05) is 0 Å². The molecule has 0 radical (unpaired) electrons. The summed E-state index contributed by atoms with van der Waals surface area (Å²) in [5, 5.41) is 2.75. The third kappa shape index (κ3) is 3.28. The lowest BCUT2D eigenvalue weighted by atomic mass is 10.1. The van der Waals surface area contributed by atoms with Gasteiger partial charge in [-0.15, -0.1) is 0 Å². The van der Waals surface area contributed by atoms with E-state index >= 15 is 0 Å². The molecule has 1 N–H and O–H groups in total. The van der Waals surface area contributed by atoms with Gasteiger partial charge in [-0.25, -0.2) is 8.42 Å². The summed E-state index contributed by atoms with van der Waals surface area (Å²) in [6, 6.07) is 6.65. The maximum atomic E-state index is 11.8. The first-order valence-electron chi connectivity index (χ1n) is 5.08. The highest BCUT2D eigenvalue weighted by atomic mass is 32.2. The average molecular weight is 256 g/mol. The average Bonchev–Trinajstić information content (AvgIpc) is 2.27. The molecule has 5 nitrogen and oxygen atoms in total. The first-order chi connectivity index (χ1) is 7.88. The van der Waals surface area contributed by atoms with Crippen LogP contribution in [0.15, 0.2) is 24.3 Å². The van der Waals surface area contributed by atoms with Gasteiger partial charge >= 0.3 is 0 Å². The lowest BCUT2D eigenvalue weighted by Crippen LogP contribution is -2.28. The molecule has 0 aliphatic carbocycles. The summed E-state index contributed by atoms with van der Waals surface area (Å²) < 4.78 is 24.0. The molecule has 0 atom stereocenters. The highest BCUT2D eigenvalue weighted by Crippen LogP contribution is 2.21. The highest BCUT2D eigenvalue weighted by Gasteiger charge is 2.18. The van der Waals surface area contributed by atoms with Gasteiger partial charge in [0.2, 0.25) is 10.0 Å². The van der Waals surface area contributed by atoms with Crippen molar-refractivity contribution in [2.24, 2.45) is 0 Å². The molecule has 0 saturated heterocycles. The van der Waals surface area contributed by atoms with Gasteiger partial charge in [0.1, 0.15) is 0 Å². The summed E-state index contributed by atoms with van der Waals surface area (Å²) in [4.78, 5) is 11.8. The van der Waals surface area contributed by atoms with Crippen LogP contribution in [0.25, 0.3) is 0 Å². The molecule has 0 saturated carbocycles. The van der Waals surface area contributed by atoms with Crippen molar-refractivity contribution >= 4 is 21.5 Å². The fourth-order valence-corrected chi connectivity index (χ4v) is 1.93. The van der Waals surface area contributed by atoms with Crippen molar-refractivity contribution in [1.82, 2.24) is 5.32 Å². The Kier molecular flexibility index (Phi) is 4.25. The van der Waals surface area contributed by atoms with E-state index in [1.54, 1.807) is 31.3 Å². The van der Waals surface area contributed by atoms with Crippen LogP contribution >= 0.6 is 0 Å². The molecule has 0 spiro atoms. The maximum Gasteiger partial charge on any atom is 0.232 e. The molecule has 0 fully saturated rings. The van der Waals surface area contributed by atoms with Crippen LogP contribution in [-0.2, 0) is 10.0 Å². The Morgan fingerprint density at radius 1 is 1.35 bits per heavy atom. The van der Waals surface area contributed by atoms with Crippen molar-refractivity contribution in [3.8, 4) is 0 Å². The number of benzene rings is 1. The number of rotatable bonds is 5. The number of hydrogen-bond acceptors (Lipinski definition) is 4. The fourth-order valence-electron chi connectivity index (χ4n) is 1.42. The molecule has 94 valence electrons. The molecule has 0 aliphatic rings. The van der Waals surface area contributed by atoms with Crippen molar-refractivity contribution in [3.63, 3.8) is 0 Å². The molecule has 0 aliphatic heterocycles. The molecule has 17 heavy (non-hydrogen) atoms. The van der Waals surface area contributed by atoms with Crippen LogP contribution < -0.4 is 9.62 Å². The number of carbonyl (C=O) groups is 1. The minimum Gasteiger partial charge on any atom is -0.313 e. The molecule has 0 unspecified atom stereocenters. The number of likely N-dealkylation sites (N-methyl/N-ethyl adjacent to an activating group) is 1. The first-order valence-corrected chi connectivity index (χ1v) is 6.93. The second kappa shape index (κ2) is 5.29. The van der Waals surface area contributed by atoms with Crippen LogP contribution in [0.1, 0.15) is 10.4 Å². The largest absolute Gasteiger partial charge is 0.313 e. The summed E-state index contributed by atoms with van der Waals surface area (Å²) in [7, 11) is -0.267. The van der Waals surface area contributed by atoms with E-state index in [4.69, 9.17) is 0 Å². The molecule has 0 amide bonds. The summed E-state index contributed by atoms with van der Waals surface area (Å²) in [5.74, 6) is -0.140. The van der Waals surface area contributed by atoms with Gasteiger partial charge in [0.05, 0.1) is 18.5 Å². The molecule has 1 rings (SSSR count). The second-order valence-corrected chi connectivity index (χ2v) is 5.71. The van der Waals surface area contributed by atoms with E-state index in [0.717, 1.165) is 10.6 Å². The molecule has 0 heterocycles. The van der Waals surface area contributed by atoms with Gasteiger partial charge in [-0.05, 0) is 19.2 Å². The number of carbonyl (C=O) groups excluding carboxylic acids is 1. The number of hydrogen-bond donors (Lipinski definition) is 1. The van der Waals surface area contributed by atoms with Crippen LogP contribution in [0.2, 0.25) is 0 Å². The van der Waals surface area contributed by atoms with Crippen LogP contribution in [-0.4, -0.2) is 41.1 Å². The lowest BCUT2D eigenvalue weighted by molar-refractivity contribution is 0.0994. The van der Waals surface area contributed by atoms with Crippen molar-refractivity contribution in [2.45, 2.75) is 0 Å². The number of Topliss-reactive ketones (excluding diaryl/α,β-unsaturated/α-hetero) is 1. The molecular formula is C11H16N2O3S. The van der Waals surface area contributed by atoms with Gasteiger partial charge < -0.3 is 5.32 Å². The molecule has 1 aromatic rings. The topological polar surface area (TPSA) is 66.5 Å². The second-order valence-electron chi connectivity index (χ2n) is 3.70. The zero-order valence-electron chi connectivity index (χ0n) is 10.1. The van der Waals surface area contributed by atoms with Crippen molar-refractivity contribution in [1.29, 1.82) is 0 Å². The van der Waals surface area contributed by atoms with Gasteiger partial charge in [-0.1, -0.05) is 12.1 Å². The molecule has 0 aromatic heterocycles. The molecule has 1 aromatic carbocycles. The predicted octanol–water partition coefficient (Wildman–Crippen LogP) is 0.485. The normalized spacial score (nSPS) is 11.2. The monoisotopic (exact) mass is 256 g/mol. The summed E-state index contributed by atoms with van der Waals surface area (Å²) in [6.45, 7) is 0.175. The summed E-state index contributed by atoms with van der Waals surface area (Å²) in [6.07, 6.45) is 1.10. The quantitative estimate of drug-likeness (QED) is 0.778. The fraction of sp³-hybridized carbons (Fsp3) is 0.364. The Balaban J connectivity index is 3.21. The van der Waals surface area contributed by atoms with Crippen molar-refractivity contribution < 1.29 is 13.2 Å². The third-order valence-electron chi connectivity index (χ3n) is 2.38. The van der Waals surface area contributed by atoms with E-state index in [-0.39, 0.29) is 12.3 Å². The standard InChI is InChI=1S/C11H16N2O3S/c1-12-8-11(14)9-6-4-5-7-10(9)13(2)17(3,15)16/h4-7,12H,8H2,1-3H3. The minimum absolute atomic E-state index is 0.140. The van der Waals surface area contributed by atoms with E-state index in [2.05, 4.69) is 5.32 Å². The Morgan fingerprint density at radius 3 is 2.47 bits per heavy atom. The van der Waals surface area contributed by atoms with Crippen LogP contribution in [0.4, 0.5) is 5.69 Å². The van der Waals surface area contributed by atoms with E-state index in [1.165, 1.54) is 7.05 Å². The Hall–Kier alpha value is -1.40. The van der Waals surface area contributed by atoms with Crippen LogP contribution in [0.5, 0.6) is 0 Å². The zero-order valence-corrected chi connectivity index (χ0v) is 10.9. The van der Waals surface area contributed by atoms with Crippen molar-refractivity contribution in [3.05, 3.63) is 29.8 Å². The van der Waals surface area contributed by atoms with Gasteiger partial charge in [-0.2, -0.15) is 0 Å². The van der Waals surface area contributed by atoms with Crippen molar-refractivity contribution in [2.75, 3.05) is 31.2 Å². The van der Waals surface area contributed by atoms with Gasteiger partial charge in [0, 0.05) is 12.6 Å². The van der Waals surface area contributed by atoms with Crippen LogP contribution in [0.3, 0.4) is 0 Å². The van der Waals surface area contributed by atoms with Gasteiger partial charge in [-0.3, -0.25) is 9.10 Å². The Bertz CT molecular complexity index is 511. The zero-order chi connectivity index (χ0) is 13.1.